The molecule has 0 radical (unpaired) electrons. The maximum absolute atomic E-state index is 13.2. The molecule has 1 aliphatic heterocycles. The zero-order chi connectivity index (χ0) is 13.3. The first-order chi connectivity index (χ1) is 8.45. The van der Waals surface area contributed by atoms with E-state index in [-0.39, 0.29) is 24.3 Å². The summed E-state index contributed by atoms with van der Waals surface area (Å²) < 4.78 is 18.5. The Morgan fingerprint density at radius 2 is 2.22 bits per heavy atom. The van der Waals surface area contributed by atoms with Crippen molar-refractivity contribution in [1.29, 1.82) is 0 Å². The SMILES string of the molecule is NC(=O)N[C@]1(C(=O)O)CCOc2ccc(F)cc21. The van der Waals surface area contributed by atoms with E-state index >= 15 is 0 Å². The Morgan fingerprint density at radius 3 is 2.83 bits per heavy atom. The van der Waals surface area contributed by atoms with Crippen LogP contribution < -0.4 is 15.8 Å². The van der Waals surface area contributed by atoms with Crippen LogP contribution in [0.4, 0.5) is 9.18 Å². The average molecular weight is 254 g/mol. The summed E-state index contributed by atoms with van der Waals surface area (Å²) >= 11 is 0. The average Bonchev–Trinajstić information content (AvgIpc) is 2.29. The van der Waals surface area contributed by atoms with Gasteiger partial charge in [-0.05, 0) is 18.2 Å². The minimum absolute atomic E-state index is 0.0261. The molecule has 0 saturated carbocycles. The number of amides is 2. The lowest BCUT2D eigenvalue weighted by atomic mass is 9.84. The van der Waals surface area contributed by atoms with Crippen molar-refractivity contribution >= 4 is 12.0 Å². The van der Waals surface area contributed by atoms with Crippen molar-refractivity contribution in [2.24, 2.45) is 5.73 Å². The van der Waals surface area contributed by atoms with Gasteiger partial charge in [-0.15, -0.1) is 0 Å². The molecule has 0 bridgehead atoms. The second-order valence-corrected chi connectivity index (χ2v) is 3.94. The first kappa shape index (κ1) is 12.2. The fourth-order valence-electron chi connectivity index (χ4n) is 2.03. The first-order valence-electron chi connectivity index (χ1n) is 5.19. The number of carboxylic acids is 1. The van der Waals surface area contributed by atoms with Crippen molar-refractivity contribution in [1.82, 2.24) is 5.32 Å². The highest BCUT2D eigenvalue weighted by Gasteiger charge is 2.46. The van der Waals surface area contributed by atoms with E-state index in [1.807, 2.05) is 0 Å². The van der Waals surface area contributed by atoms with E-state index in [1.165, 1.54) is 6.07 Å². The Hall–Kier alpha value is -2.31. The largest absolute Gasteiger partial charge is 0.493 e. The number of carbonyl (C=O) groups is 2. The molecule has 1 aromatic carbocycles. The quantitative estimate of drug-likeness (QED) is 0.717. The van der Waals surface area contributed by atoms with E-state index in [0.29, 0.717) is 0 Å². The molecule has 1 aliphatic rings. The number of fused-ring (bicyclic) bond motifs is 1. The number of primary amides is 1. The zero-order valence-electron chi connectivity index (χ0n) is 9.27. The molecule has 1 heterocycles. The molecule has 0 aromatic heterocycles. The van der Waals surface area contributed by atoms with E-state index in [4.69, 9.17) is 10.5 Å². The highest BCUT2D eigenvalue weighted by Crippen LogP contribution is 2.37. The molecule has 0 saturated heterocycles. The Bertz CT molecular complexity index is 520. The Morgan fingerprint density at radius 1 is 1.50 bits per heavy atom. The molecule has 0 unspecified atom stereocenters. The van der Waals surface area contributed by atoms with E-state index in [1.54, 1.807) is 0 Å². The minimum atomic E-state index is -1.75. The zero-order valence-corrected chi connectivity index (χ0v) is 9.27. The number of rotatable bonds is 2. The summed E-state index contributed by atoms with van der Waals surface area (Å²) in [6.07, 6.45) is -0.0261. The number of halogens is 1. The molecule has 2 rings (SSSR count). The molecule has 0 fully saturated rings. The Labute approximate surface area is 102 Å². The third-order valence-electron chi connectivity index (χ3n) is 2.84. The third-order valence-corrected chi connectivity index (χ3v) is 2.84. The Balaban J connectivity index is 2.59. The van der Waals surface area contributed by atoms with Gasteiger partial charge in [0.05, 0.1) is 6.61 Å². The van der Waals surface area contributed by atoms with Crippen LogP contribution in [0, 0.1) is 5.82 Å². The number of aliphatic carboxylic acids is 1. The smallest absolute Gasteiger partial charge is 0.334 e. The number of urea groups is 1. The molecule has 18 heavy (non-hydrogen) atoms. The summed E-state index contributed by atoms with van der Waals surface area (Å²) in [5.74, 6) is -1.70. The summed E-state index contributed by atoms with van der Waals surface area (Å²) in [5, 5.41) is 11.5. The molecule has 7 heteroatoms. The lowest BCUT2D eigenvalue weighted by Gasteiger charge is -2.35. The second-order valence-electron chi connectivity index (χ2n) is 3.94. The minimum Gasteiger partial charge on any atom is -0.493 e. The van der Waals surface area contributed by atoms with Gasteiger partial charge in [0.15, 0.2) is 5.54 Å². The third kappa shape index (κ3) is 1.83. The molecule has 4 N–H and O–H groups in total. The first-order valence-corrected chi connectivity index (χ1v) is 5.19. The maximum atomic E-state index is 13.2. The summed E-state index contributed by atoms with van der Waals surface area (Å²) in [6, 6.07) is 2.51. The van der Waals surface area contributed by atoms with Crippen LogP contribution in [0.25, 0.3) is 0 Å². The number of hydrogen-bond acceptors (Lipinski definition) is 3. The van der Waals surface area contributed by atoms with E-state index < -0.39 is 23.4 Å². The van der Waals surface area contributed by atoms with Gasteiger partial charge in [-0.25, -0.2) is 14.0 Å². The van der Waals surface area contributed by atoms with E-state index in [2.05, 4.69) is 5.32 Å². The lowest BCUT2D eigenvalue weighted by Crippen LogP contribution is -2.55. The monoisotopic (exact) mass is 254 g/mol. The fourth-order valence-corrected chi connectivity index (χ4v) is 2.03. The highest BCUT2D eigenvalue weighted by molar-refractivity contribution is 5.88. The van der Waals surface area contributed by atoms with Crippen LogP contribution in [0.2, 0.25) is 0 Å². The van der Waals surface area contributed by atoms with Crippen LogP contribution in [0.1, 0.15) is 12.0 Å². The van der Waals surface area contributed by atoms with Crippen LogP contribution in [0.5, 0.6) is 5.75 Å². The number of ether oxygens (including phenoxy) is 1. The summed E-state index contributed by atoms with van der Waals surface area (Å²) in [5.41, 5.74) is 3.30. The van der Waals surface area contributed by atoms with Gasteiger partial charge in [-0.2, -0.15) is 0 Å². The van der Waals surface area contributed by atoms with Crippen LogP contribution in [-0.2, 0) is 10.3 Å². The van der Waals surface area contributed by atoms with Crippen molar-refractivity contribution in [2.45, 2.75) is 12.0 Å². The fraction of sp³-hybridized carbons (Fsp3) is 0.273. The van der Waals surface area contributed by atoms with Gasteiger partial charge in [0, 0.05) is 12.0 Å². The van der Waals surface area contributed by atoms with Crippen LogP contribution in [-0.4, -0.2) is 23.7 Å². The summed E-state index contributed by atoms with van der Waals surface area (Å²) in [6.45, 7) is 0.0885. The maximum Gasteiger partial charge on any atom is 0.334 e. The molecular weight excluding hydrogens is 243 g/mol. The van der Waals surface area contributed by atoms with Crippen LogP contribution in [0.3, 0.4) is 0 Å². The molecule has 6 nitrogen and oxygen atoms in total. The van der Waals surface area contributed by atoms with E-state index in [0.717, 1.165) is 12.1 Å². The highest BCUT2D eigenvalue weighted by atomic mass is 19.1. The van der Waals surface area contributed by atoms with Gasteiger partial charge < -0.3 is 20.9 Å². The molecule has 0 spiro atoms. The molecule has 96 valence electrons. The normalized spacial score (nSPS) is 21.6. The summed E-state index contributed by atoms with van der Waals surface area (Å²) in [7, 11) is 0. The standard InChI is InChI=1S/C11H11FN2O4/c12-6-1-2-8-7(5-6)11(9(15)16,3-4-18-8)14-10(13)17/h1-2,5H,3-4H2,(H,15,16)(H3,13,14,17)/t11-/m1/s1. The van der Waals surface area contributed by atoms with Gasteiger partial charge >= 0.3 is 12.0 Å². The van der Waals surface area contributed by atoms with Crippen molar-refractivity contribution in [3.63, 3.8) is 0 Å². The van der Waals surface area contributed by atoms with Crippen molar-refractivity contribution in [3.8, 4) is 5.75 Å². The van der Waals surface area contributed by atoms with Crippen molar-refractivity contribution < 1.29 is 23.8 Å². The van der Waals surface area contributed by atoms with Crippen molar-refractivity contribution in [3.05, 3.63) is 29.6 Å². The predicted octanol–water partition coefficient (Wildman–Crippen LogP) is 0.556. The molecular formula is C11H11FN2O4. The van der Waals surface area contributed by atoms with Crippen LogP contribution >= 0.6 is 0 Å². The molecule has 2 amide bonds. The van der Waals surface area contributed by atoms with Gasteiger partial charge in [0.25, 0.3) is 0 Å². The number of hydrogen-bond donors (Lipinski definition) is 3. The number of nitrogens with two attached hydrogens (primary N) is 1. The second kappa shape index (κ2) is 4.17. The lowest BCUT2D eigenvalue weighted by molar-refractivity contribution is -0.146. The van der Waals surface area contributed by atoms with Gasteiger partial charge in [-0.1, -0.05) is 0 Å². The molecule has 0 aliphatic carbocycles. The topological polar surface area (TPSA) is 102 Å². The Kier molecular flexibility index (Phi) is 2.82. The summed E-state index contributed by atoms with van der Waals surface area (Å²) in [4.78, 5) is 22.4. The van der Waals surface area contributed by atoms with Crippen LogP contribution in [0.15, 0.2) is 18.2 Å². The number of carboxylic acid groups (broad SMARTS) is 1. The van der Waals surface area contributed by atoms with E-state index in [9.17, 15) is 19.1 Å². The number of nitrogens with one attached hydrogen (secondary N) is 1. The van der Waals surface area contributed by atoms with Gasteiger partial charge in [-0.3, -0.25) is 0 Å². The van der Waals surface area contributed by atoms with Gasteiger partial charge in [0.1, 0.15) is 11.6 Å². The number of benzene rings is 1. The number of carbonyl (C=O) groups excluding carboxylic acids is 1. The predicted molar refractivity (Wildman–Crippen MR) is 58.5 cm³/mol. The van der Waals surface area contributed by atoms with Gasteiger partial charge in [0.2, 0.25) is 0 Å². The molecule has 1 atom stereocenters. The van der Waals surface area contributed by atoms with Crippen molar-refractivity contribution in [2.75, 3.05) is 6.61 Å². The molecule has 1 aromatic rings.